The van der Waals surface area contributed by atoms with Crippen LogP contribution in [-0.4, -0.2) is 61.3 Å². The number of aromatic nitrogens is 1. The Morgan fingerprint density at radius 3 is 2.56 bits per heavy atom. The van der Waals surface area contributed by atoms with E-state index in [4.69, 9.17) is 14.2 Å². The summed E-state index contributed by atoms with van der Waals surface area (Å²) in [7, 11) is 1.59. The number of methoxy groups -OCH3 is 1. The van der Waals surface area contributed by atoms with Gasteiger partial charge in [0.2, 0.25) is 5.43 Å². The maximum atomic E-state index is 14.2. The highest BCUT2D eigenvalue weighted by Crippen LogP contribution is 2.37. The molecule has 1 aromatic heterocycles. The van der Waals surface area contributed by atoms with Crippen LogP contribution < -0.4 is 15.5 Å². The molecule has 3 heterocycles. The number of nitrogens with one attached hydrogen (secondary N) is 1. The van der Waals surface area contributed by atoms with Crippen molar-refractivity contribution in [1.29, 1.82) is 0 Å². The van der Waals surface area contributed by atoms with Gasteiger partial charge in [0.25, 0.3) is 11.8 Å². The van der Waals surface area contributed by atoms with Gasteiger partial charge >= 0.3 is 0 Å². The van der Waals surface area contributed by atoms with Crippen LogP contribution >= 0.6 is 0 Å². The van der Waals surface area contributed by atoms with Gasteiger partial charge in [-0.15, -0.1) is 0 Å². The molecule has 2 aliphatic rings. The lowest BCUT2D eigenvalue weighted by molar-refractivity contribution is 0.0470. The van der Waals surface area contributed by atoms with E-state index in [-0.39, 0.29) is 48.2 Å². The minimum Gasteiger partial charge on any atom is -0.483 e. The van der Waals surface area contributed by atoms with Gasteiger partial charge in [0.1, 0.15) is 23.8 Å². The van der Waals surface area contributed by atoms with E-state index < -0.39 is 28.5 Å². The van der Waals surface area contributed by atoms with Gasteiger partial charge in [-0.3, -0.25) is 14.4 Å². The zero-order chi connectivity index (χ0) is 31.0. The van der Waals surface area contributed by atoms with Crippen LogP contribution in [0.1, 0.15) is 58.7 Å². The third-order valence-electron chi connectivity index (χ3n) is 7.44. The fraction of sp³-hybridized carbons (Fsp3) is 0.406. The summed E-state index contributed by atoms with van der Waals surface area (Å²) in [6, 6.07) is 12.2. The maximum absolute atomic E-state index is 14.2. The number of rotatable bonds is 10. The Balaban J connectivity index is 0.00000207. The summed E-state index contributed by atoms with van der Waals surface area (Å²) in [5.41, 5.74) is -0.849. The first-order valence-corrected chi connectivity index (χ1v) is 14.4. The van der Waals surface area contributed by atoms with E-state index in [2.05, 4.69) is 5.32 Å². The van der Waals surface area contributed by atoms with Gasteiger partial charge in [-0.25, -0.2) is 8.78 Å². The molecule has 43 heavy (non-hydrogen) atoms. The molecule has 1 spiro atoms. The molecule has 2 amide bonds. The minimum atomic E-state index is -0.819. The lowest BCUT2D eigenvalue weighted by atomic mass is 9.92. The average Bonchev–Trinajstić information content (AvgIpc) is 3.49. The molecule has 1 atom stereocenters. The zero-order valence-corrected chi connectivity index (χ0v) is 24.7. The second kappa shape index (κ2) is 14.4. The predicted octanol–water partition coefficient (Wildman–Crippen LogP) is 4.27. The van der Waals surface area contributed by atoms with E-state index >= 15 is 0 Å². The molecule has 1 fully saturated rings. The number of carbonyl (C=O) groups is 2. The number of fused-ring (bicyclic) bond motifs is 2. The van der Waals surface area contributed by atoms with E-state index in [0.717, 1.165) is 17.7 Å². The fourth-order valence-corrected chi connectivity index (χ4v) is 5.27. The Hall–Kier alpha value is -4.09. The van der Waals surface area contributed by atoms with E-state index in [1.54, 1.807) is 16.6 Å². The van der Waals surface area contributed by atoms with E-state index in [1.807, 2.05) is 44.2 Å². The van der Waals surface area contributed by atoms with Gasteiger partial charge in [0.15, 0.2) is 11.4 Å². The molecule has 1 unspecified atom stereocenters. The van der Waals surface area contributed by atoms with Crippen LogP contribution in [-0.2, 0) is 28.2 Å². The Bertz CT molecular complexity index is 1490. The number of pyridine rings is 1. The molecule has 3 aromatic rings. The van der Waals surface area contributed by atoms with Crippen molar-refractivity contribution in [2.45, 2.75) is 45.4 Å². The largest absolute Gasteiger partial charge is 0.483 e. The highest BCUT2D eigenvalue weighted by Gasteiger charge is 2.47. The number of carbonyl (C=O) groups excluding carboxylic acids is 2. The van der Waals surface area contributed by atoms with Gasteiger partial charge in [0, 0.05) is 57.8 Å². The molecular formula is C32H37F2N3O6. The van der Waals surface area contributed by atoms with Crippen molar-refractivity contribution in [3.05, 3.63) is 99.0 Å². The molecule has 0 bridgehead atoms. The third kappa shape index (κ3) is 6.94. The summed E-state index contributed by atoms with van der Waals surface area (Å²) in [4.78, 5) is 42.6. The maximum Gasteiger partial charge on any atom is 0.274 e. The van der Waals surface area contributed by atoms with Crippen molar-refractivity contribution in [3.8, 4) is 5.75 Å². The topological polar surface area (TPSA) is 99.1 Å². The number of halogens is 2. The number of benzene rings is 2. The normalized spacial score (nSPS) is 17.3. The first-order valence-electron chi connectivity index (χ1n) is 14.4. The molecule has 5 rings (SSSR count). The second-order valence-corrected chi connectivity index (χ2v) is 10.2. The number of nitrogens with zero attached hydrogens (tertiary/aromatic N) is 2. The van der Waals surface area contributed by atoms with Crippen molar-refractivity contribution in [1.82, 2.24) is 14.8 Å². The van der Waals surface area contributed by atoms with Crippen LogP contribution in [0.2, 0.25) is 0 Å². The molecule has 0 radical (unpaired) electrons. The summed E-state index contributed by atoms with van der Waals surface area (Å²) in [5, 5.41) is 2.55. The van der Waals surface area contributed by atoms with E-state index in [0.29, 0.717) is 39.1 Å². The van der Waals surface area contributed by atoms with Crippen LogP contribution in [0.4, 0.5) is 8.78 Å². The molecule has 9 nitrogen and oxygen atoms in total. The van der Waals surface area contributed by atoms with Gasteiger partial charge in [0.05, 0.1) is 12.1 Å². The van der Waals surface area contributed by atoms with Crippen molar-refractivity contribution in [2.75, 3.05) is 40.0 Å². The second-order valence-electron chi connectivity index (χ2n) is 10.2. The number of amides is 2. The van der Waals surface area contributed by atoms with E-state index in [1.165, 1.54) is 12.3 Å². The number of hydrogen-bond donors (Lipinski definition) is 1. The Kier molecular flexibility index (Phi) is 10.7. The number of ether oxygens (including phenoxy) is 3. The quantitative estimate of drug-likeness (QED) is 0.351. The molecule has 1 N–H and O–H groups in total. The predicted molar refractivity (Wildman–Crippen MR) is 156 cm³/mol. The molecule has 2 aliphatic heterocycles. The van der Waals surface area contributed by atoms with Crippen LogP contribution in [0.25, 0.3) is 0 Å². The molecule has 0 aliphatic carbocycles. The monoisotopic (exact) mass is 597 g/mol. The Labute approximate surface area is 249 Å². The molecular weight excluding hydrogens is 560 g/mol. The lowest BCUT2D eigenvalue weighted by Gasteiger charge is -2.43. The summed E-state index contributed by atoms with van der Waals surface area (Å²) in [5.74, 6) is -2.96. The standard InChI is InChI=1S/C30H31F2N3O6.C2H6/c1-39-12-5-11-34-18-30(10-13-40-19-30)35-16-23(28(37)33-15-21-8-9-22(31)14-24(21)32)26(36)27(25(35)29(34)38)41-17-20-6-3-2-4-7-20;1-2/h2-4,6-9,14,16H,5,10-13,15,17-19H2,1H3,(H,33,37);1-2H3. The Morgan fingerprint density at radius 1 is 1.12 bits per heavy atom. The fourth-order valence-electron chi connectivity index (χ4n) is 5.27. The summed E-state index contributed by atoms with van der Waals surface area (Å²) in [6.45, 7) is 5.64. The van der Waals surface area contributed by atoms with Crippen molar-refractivity contribution in [2.24, 2.45) is 0 Å². The van der Waals surface area contributed by atoms with Crippen molar-refractivity contribution < 1.29 is 32.6 Å². The van der Waals surface area contributed by atoms with Crippen LogP contribution in [0.3, 0.4) is 0 Å². The molecule has 230 valence electrons. The first-order chi connectivity index (χ1) is 20.8. The highest BCUT2D eigenvalue weighted by atomic mass is 19.1. The Morgan fingerprint density at radius 2 is 1.88 bits per heavy atom. The van der Waals surface area contributed by atoms with Gasteiger partial charge in [-0.1, -0.05) is 50.2 Å². The summed E-state index contributed by atoms with van der Waals surface area (Å²) >= 11 is 0. The molecule has 0 saturated carbocycles. The van der Waals surface area contributed by atoms with Crippen LogP contribution in [0, 0.1) is 11.6 Å². The third-order valence-corrected chi connectivity index (χ3v) is 7.44. The summed E-state index contributed by atoms with van der Waals surface area (Å²) in [6.07, 6.45) is 2.53. The molecule has 11 heteroatoms. The average molecular weight is 598 g/mol. The lowest BCUT2D eigenvalue weighted by Crippen LogP contribution is -2.56. The van der Waals surface area contributed by atoms with Gasteiger partial charge < -0.3 is 29.0 Å². The van der Waals surface area contributed by atoms with Crippen LogP contribution in [0.15, 0.2) is 59.5 Å². The molecule has 2 aromatic carbocycles. The number of hydrogen-bond acceptors (Lipinski definition) is 6. The SMILES string of the molecule is CC.COCCCN1CC2(CCOC2)n2cc(C(=O)NCc3ccc(F)cc3F)c(=O)c(OCc3ccccc3)c2C1=O. The smallest absolute Gasteiger partial charge is 0.274 e. The molecule has 1 saturated heterocycles. The van der Waals surface area contributed by atoms with Gasteiger partial charge in [-0.05, 0) is 24.5 Å². The minimum absolute atomic E-state index is 0.00457. The van der Waals surface area contributed by atoms with Crippen molar-refractivity contribution in [3.63, 3.8) is 0 Å². The van der Waals surface area contributed by atoms with Crippen LogP contribution in [0.5, 0.6) is 5.75 Å². The first kappa shape index (κ1) is 31.8. The van der Waals surface area contributed by atoms with E-state index in [9.17, 15) is 23.2 Å². The summed E-state index contributed by atoms with van der Waals surface area (Å²) < 4.78 is 46.1. The van der Waals surface area contributed by atoms with Gasteiger partial charge in [-0.2, -0.15) is 0 Å². The van der Waals surface area contributed by atoms with Crippen molar-refractivity contribution >= 4 is 11.8 Å². The zero-order valence-electron chi connectivity index (χ0n) is 24.7. The highest BCUT2D eigenvalue weighted by molar-refractivity contribution is 5.99.